The van der Waals surface area contributed by atoms with Gasteiger partial charge in [0.1, 0.15) is 0 Å². The number of rotatable bonds is 6. The number of aliphatic hydroxyl groups excluding tert-OH is 2. The molecule has 0 aliphatic carbocycles. The van der Waals surface area contributed by atoms with Crippen LogP contribution < -0.4 is 0 Å². The van der Waals surface area contributed by atoms with E-state index in [9.17, 15) is 9.59 Å². The van der Waals surface area contributed by atoms with Gasteiger partial charge in [-0.1, -0.05) is 0 Å². The van der Waals surface area contributed by atoms with Gasteiger partial charge in [-0.3, -0.25) is 0 Å². The van der Waals surface area contributed by atoms with E-state index in [1.54, 1.807) is 0 Å². The summed E-state index contributed by atoms with van der Waals surface area (Å²) in [6, 6.07) is 0. The topological polar surface area (TPSA) is 115 Å². The monoisotopic (exact) mass is 228 g/mol. The molecule has 0 saturated heterocycles. The zero-order valence-electron chi connectivity index (χ0n) is 6.28. The molecule has 0 aromatic rings. The van der Waals surface area contributed by atoms with Gasteiger partial charge >= 0.3 is 11.9 Å². The Labute approximate surface area is 81.9 Å². The molecule has 8 heteroatoms. The van der Waals surface area contributed by atoms with E-state index >= 15 is 0 Å². The second kappa shape index (κ2) is 6.08. The lowest BCUT2D eigenvalue weighted by molar-refractivity contribution is -0.142. The molecule has 0 spiro atoms. The summed E-state index contributed by atoms with van der Waals surface area (Å²) < 4.78 is 0. The summed E-state index contributed by atoms with van der Waals surface area (Å²) in [6.07, 6.45) is 0. The molecule has 0 bridgehead atoms. The fourth-order valence-electron chi connectivity index (χ4n) is 0.311. The molecule has 0 radical (unpaired) electrons. The predicted molar refractivity (Wildman–Crippen MR) is 47.3 cm³/mol. The third-order valence-corrected chi connectivity index (χ3v) is 3.00. The van der Waals surface area contributed by atoms with Crippen LogP contribution in [0.25, 0.3) is 0 Å². The predicted octanol–water partition coefficient (Wildman–Crippen LogP) is -0.784. The van der Waals surface area contributed by atoms with E-state index in [0.29, 0.717) is 23.5 Å². The van der Waals surface area contributed by atoms with Crippen molar-refractivity contribution in [1.29, 1.82) is 0 Å². The Kier molecular flexibility index (Phi) is 5.88. The van der Waals surface area contributed by atoms with Crippen molar-refractivity contribution in [3.05, 3.63) is 0 Å². The van der Waals surface area contributed by atoms with Crippen molar-refractivity contribution in [3.63, 3.8) is 0 Å². The van der Waals surface area contributed by atoms with Crippen molar-refractivity contribution in [3.8, 4) is 0 Å². The Morgan fingerprint density at radius 1 is 1.00 bits per heavy atom. The number of aliphatic carboxylic acids is 2. The van der Waals surface area contributed by atoms with Crippen molar-refractivity contribution in [2.45, 2.75) is 10.9 Å². The van der Waals surface area contributed by atoms with Gasteiger partial charge in [0, 0.05) is 5.08 Å². The van der Waals surface area contributed by atoms with Crippen LogP contribution >= 0.6 is 23.5 Å². The molecule has 0 unspecified atom stereocenters. The highest BCUT2D eigenvalue weighted by molar-refractivity contribution is 8.16. The maximum atomic E-state index is 10.0. The summed E-state index contributed by atoms with van der Waals surface area (Å²) in [6.45, 7) is 0. The van der Waals surface area contributed by atoms with Crippen LogP contribution in [0.3, 0.4) is 0 Å². The molecule has 6 nitrogen and oxygen atoms in total. The second-order valence-electron chi connectivity index (χ2n) is 1.83. The summed E-state index contributed by atoms with van der Waals surface area (Å²) in [7, 11) is 0. The molecule has 0 fully saturated rings. The van der Waals surface area contributed by atoms with E-state index in [-0.39, 0.29) is 5.08 Å². The van der Waals surface area contributed by atoms with Gasteiger partial charge in [0.15, 0.2) is 10.9 Å². The summed E-state index contributed by atoms with van der Waals surface area (Å²) in [5, 5.41) is 33.8. The first kappa shape index (κ1) is 12.6. The third-order valence-electron chi connectivity index (χ3n) is 0.874. The minimum Gasteiger partial charge on any atom is -0.479 e. The standard InChI is InChI=1S/C5H8O6S2/c6-2(7)4(10)12-1-13-5(11)3(8)9/h4-5,10-11H,1H2,(H,6,7)(H,8,9)/t4-,5+. The molecular formula is C5H8O6S2. The second-order valence-corrected chi connectivity index (χ2v) is 4.33. The SMILES string of the molecule is O=C(O)[C@H](O)SCS[C@H](O)C(=O)O. The quantitative estimate of drug-likeness (QED) is 0.437. The van der Waals surface area contributed by atoms with Gasteiger partial charge in [-0.25, -0.2) is 9.59 Å². The summed E-state index contributed by atoms with van der Waals surface area (Å²) in [5.41, 5.74) is -3.18. The van der Waals surface area contributed by atoms with Gasteiger partial charge in [0.05, 0.1) is 0 Å². The van der Waals surface area contributed by atoms with E-state index in [1.165, 1.54) is 0 Å². The van der Waals surface area contributed by atoms with E-state index in [0.717, 1.165) is 0 Å². The molecule has 0 aromatic carbocycles. The highest BCUT2D eigenvalue weighted by atomic mass is 32.2. The van der Waals surface area contributed by atoms with Crippen molar-refractivity contribution < 1.29 is 30.0 Å². The fraction of sp³-hybridized carbons (Fsp3) is 0.600. The van der Waals surface area contributed by atoms with Crippen LogP contribution in [0.2, 0.25) is 0 Å². The van der Waals surface area contributed by atoms with Crippen LogP contribution in [0.4, 0.5) is 0 Å². The molecule has 13 heavy (non-hydrogen) atoms. The Morgan fingerprint density at radius 2 is 1.31 bits per heavy atom. The zero-order valence-corrected chi connectivity index (χ0v) is 7.92. The first-order chi connectivity index (χ1) is 5.95. The molecular weight excluding hydrogens is 220 g/mol. The summed E-state index contributed by atoms with van der Waals surface area (Å²) >= 11 is 1.25. The summed E-state index contributed by atoms with van der Waals surface area (Å²) in [5.74, 6) is -2.79. The van der Waals surface area contributed by atoms with Gasteiger partial charge < -0.3 is 20.4 Å². The highest BCUT2D eigenvalue weighted by Gasteiger charge is 2.17. The third kappa shape index (κ3) is 5.75. The number of hydrogen-bond donors (Lipinski definition) is 4. The first-order valence-electron chi connectivity index (χ1n) is 3.00. The van der Waals surface area contributed by atoms with Crippen molar-refractivity contribution >= 4 is 35.5 Å². The van der Waals surface area contributed by atoms with Gasteiger partial charge in [-0.15, -0.1) is 23.5 Å². The van der Waals surface area contributed by atoms with Crippen LogP contribution in [0, 0.1) is 0 Å². The molecule has 76 valence electrons. The minimum absolute atomic E-state index is 0.0130. The molecule has 2 atom stereocenters. The Balaban J connectivity index is 3.56. The van der Waals surface area contributed by atoms with Gasteiger partial charge in [0.2, 0.25) is 0 Å². The number of carbonyl (C=O) groups is 2. The molecule has 0 heterocycles. The first-order valence-corrected chi connectivity index (χ1v) is 5.10. The maximum absolute atomic E-state index is 10.0. The molecule has 0 amide bonds. The maximum Gasteiger partial charge on any atom is 0.343 e. The van der Waals surface area contributed by atoms with E-state index in [2.05, 4.69) is 0 Å². The van der Waals surface area contributed by atoms with E-state index in [1.807, 2.05) is 0 Å². The van der Waals surface area contributed by atoms with E-state index < -0.39 is 22.8 Å². The Morgan fingerprint density at radius 3 is 1.54 bits per heavy atom. The number of hydrogen-bond acceptors (Lipinski definition) is 6. The van der Waals surface area contributed by atoms with Crippen molar-refractivity contribution in [2.24, 2.45) is 0 Å². The van der Waals surface area contributed by atoms with Crippen LogP contribution in [0.15, 0.2) is 0 Å². The number of aliphatic hydroxyl groups is 2. The normalized spacial score (nSPS) is 14.9. The average molecular weight is 228 g/mol. The lowest BCUT2D eigenvalue weighted by atomic mass is 10.7. The Hall–Kier alpha value is -0.440. The van der Waals surface area contributed by atoms with Crippen LogP contribution in [-0.4, -0.2) is 48.3 Å². The lowest BCUT2D eigenvalue weighted by Gasteiger charge is -2.06. The van der Waals surface area contributed by atoms with Gasteiger partial charge in [-0.2, -0.15) is 0 Å². The van der Waals surface area contributed by atoms with Crippen LogP contribution in [-0.2, 0) is 9.59 Å². The molecule has 4 N–H and O–H groups in total. The molecule has 0 rings (SSSR count). The summed E-state index contributed by atoms with van der Waals surface area (Å²) in [4.78, 5) is 20.1. The number of carboxylic acids is 2. The zero-order chi connectivity index (χ0) is 10.4. The molecule has 0 aromatic heterocycles. The minimum atomic E-state index is -1.59. The Bertz CT molecular complexity index is 175. The molecule has 0 saturated carbocycles. The van der Waals surface area contributed by atoms with Gasteiger partial charge in [0.25, 0.3) is 0 Å². The molecule has 0 aliphatic heterocycles. The van der Waals surface area contributed by atoms with Gasteiger partial charge in [-0.05, 0) is 0 Å². The number of carboxylic acid groups (broad SMARTS) is 2. The smallest absolute Gasteiger partial charge is 0.343 e. The molecule has 0 aliphatic rings. The number of thioether (sulfide) groups is 2. The van der Waals surface area contributed by atoms with Crippen molar-refractivity contribution in [1.82, 2.24) is 0 Å². The van der Waals surface area contributed by atoms with Crippen LogP contribution in [0.5, 0.6) is 0 Å². The van der Waals surface area contributed by atoms with Crippen LogP contribution in [0.1, 0.15) is 0 Å². The fourth-order valence-corrected chi connectivity index (χ4v) is 1.94. The van der Waals surface area contributed by atoms with E-state index in [4.69, 9.17) is 20.4 Å². The lowest BCUT2D eigenvalue weighted by Crippen LogP contribution is -2.18. The van der Waals surface area contributed by atoms with Crippen molar-refractivity contribution in [2.75, 3.05) is 5.08 Å². The average Bonchev–Trinajstić information content (AvgIpc) is 2.03. The highest BCUT2D eigenvalue weighted by Crippen LogP contribution is 2.19. The largest absolute Gasteiger partial charge is 0.479 e.